The highest BCUT2D eigenvalue weighted by Crippen LogP contribution is 2.32. The highest BCUT2D eigenvalue weighted by molar-refractivity contribution is 5.96. The van der Waals surface area contributed by atoms with Crippen LogP contribution in [0, 0.1) is 0 Å². The molecule has 0 saturated carbocycles. The average Bonchev–Trinajstić information content (AvgIpc) is 3.01. The van der Waals surface area contributed by atoms with Crippen molar-refractivity contribution in [1.82, 2.24) is 4.90 Å². The van der Waals surface area contributed by atoms with E-state index < -0.39 is 0 Å². The van der Waals surface area contributed by atoms with Gasteiger partial charge in [0.15, 0.2) is 11.5 Å². The molecular formula is C17H17NO4. The van der Waals surface area contributed by atoms with Crippen molar-refractivity contribution in [1.29, 1.82) is 0 Å². The van der Waals surface area contributed by atoms with E-state index in [0.717, 1.165) is 17.1 Å². The van der Waals surface area contributed by atoms with E-state index in [1.807, 2.05) is 30.3 Å². The zero-order valence-corrected chi connectivity index (χ0v) is 12.5. The van der Waals surface area contributed by atoms with Crippen molar-refractivity contribution in [2.24, 2.45) is 0 Å². The van der Waals surface area contributed by atoms with Gasteiger partial charge in [-0.2, -0.15) is 0 Å². The Morgan fingerprint density at radius 1 is 1.18 bits per heavy atom. The minimum atomic E-state index is -0.0879. The fourth-order valence-electron chi connectivity index (χ4n) is 2.41. The minimum Gasteiger partial charge on any atom is -0.496 e. The Hall–Kier alpha value is -2.69. The Labute approximate surface area is 129 Å². The van der Waals surface area contributed by atoms with E-state index >= 15 is 0 Å². The number of hydrogen-bond donors (Lipinski definition) is 0. The number of carbonyl (C=O) groups excluding carboxylic acids is 1. The standard InChI is InChI=1S/C17H17NO4/c1-18(17(19)13-5-3-4-6-14(13)20-2)10-12-7-8-15-16(9-12)22-11-21-15/h3-9H,10-11H2,1-2H3. The number of ether oxygens (including phenoxy) is 3. The number of methoxy groups -OCH3 is 1. The molecule has 2 aromatic carbocycles. The van der Waals surface area contributed by atoms with Gasteiger partial charge in [0.2, 0.25) is 6.79 Å². The zero-order valence-electron chi connectivity index (χ0n) is 12.5. The summed E-state index contributed by atoms with van der Waals surface area (Å²) in [5.41, 5.74) is 1.53. The van der Waals surface area contributed by atoms with E-state index in [0.29, 0.717) is 17.9 Å². The monoisotopic (exact) mass is 299 g/mol. The molecule has 0 radical (unpaired) electrons. The molecule has 0 N–H and O–H groups in total. The number of benzene rings is 2. The van der Waals surface area contributed by atoms with Crippen molar-refractivity contribution in [3.63, 3.8) is 0 Å². The second-order valence-electron chi connectivity index (χ2n) is 5.05. The number of hydrogen-bond acceptors (Lipinski definition) is 4. The van der Waals surface area contributed by atoms with Gasteiger partial charge in [-0.1, -0.05) is 18.2 Å². The molecular weight excluding hydrogens is 282 g/mol. The molecule has 1 aliphatic heterocycles. The maximum Gasteiger partial charge on any atom is 0.257 e. The van der Waals surface area contributed by atoms with Crippen LogP contribution in [0.15, 0.2) is 42.5 Å². The summed E-state index contributed by atoms with van der Waals surface area (Å²) in [7, 11) is 3.32. The summed E-state index contributed by atoms with van der Waals surface area (Å²) in [6.45, 7) is 0.724. The number of amides is 1. The lowest BCUT2D eigenvalue weighted by molar-refractivity contribution is 0.0781. The van der Waals surface area contributed by atoms with E-state index in [1.165, 1.54) is 0 Å². The molecule has 1 heterocycles. The van der Waals surface area contributed by atoms with Crippen molar-refractivity contribution in [2.45, 2.75) is 6.54 Å². The van der Waals surface area contributed by atoms with Crippen molar-refractivity contribution in [3.8, 4) is 17.2 Å². The fraction of sp³-hybridized carbons (Fsp3) is 0.235. The van der Waals surface area contributed by atoms with E-state index in [2.05, 4.69) is 0 Å². The van der Waals surface area contributed by atoms with Gasteiger partial charge in [0.05, 0.1) is 12.7 Å². The van der Waals surface area contributed by atoms with Crippen LogP contribution in [0.3, 0.4) is 0 Å². The van der Waals surface area contributed by atoms with Gasteiger partial charge < -0.3 is 19.1 Å². The van der Waals surface area contributed by atoms with Crippen LogP contribution in [0.2, 0.25) is 0 Å². The van der Waals surface area contributed by atoms with E-state index in [9.17, 15) is 4.79 Å². The molecule has 0 atom stereocenters. The van der Waals surface area contributed by atoms with Crippen molar-refractivity contribution in [2.75, 3.05) is 21.0 Å². The zero-order chi connectivity index (χ0) is 15.5. The second-order valence-corrected chi connectivity index (χ2v) is 5.05. The highest BCUT2D eigenvalue weighted by Gasteiger charge is 2.18. The predicted octanol–water partition coefficient (Wildman–Crippen LogP) is 2.70. The highest BCUT2D eigenvalue weighted by atomic mass is 16.7. The third kappa shape index (κ3) is 2.70. The van der Waals surface area contributed by atoms with Crippen LogP contribution >= 0.6 is 0 Å². The van der Waals surface area contributed by atoms with Crippen LogP contribution in [0.25, 0.3) is 0 Å². The van der Waals surface area contributed by atoms with Crippen molar-refractivity contribution < 1.29 is 19.0 Å². The van der Waals surface area contributed by atoms with E-state index in [4.69, 9.17) is 14.2 Å². The number of carbonyl (C=O) groups is 1. The Bertz CT molecular complexity index is 699. The Morgan fingerprint density at radius 3 is 2.77 bits per heavy atom. The Kier molecular flexibility index (Phi) is 3.87. The molecule has 0 aliphatic carbocycles. The van der Waals surface area contributed by atoms with E-state index in [-0.39, 0.29) is 12.7 Å². The first-order valence-corrected chi connectivity index (χ1v) is 6.96. The first-order valence-electron chi connectivity index (χ1n) is 6.96. The molecule has 1 aliphatic rings. The topological polar surface area (TPSA) is 48.0 Å². The number of fused-ring (bicyclic) bond motifs is 1. The third-order valence-electron chi connectivity index (χ3n) is 3.54. The second kappa shape index (κ2) is 5.97. The number of rotatable bonds is 4. The molecule has 0 aromatic heterocycles. The quantitative estimate of drug-likeness (QED) is 0.871. The first kappa shape index (κ1) is 14.3. The molecule has 0 bridgehead atoms. The molecule has 1 amide bonds. The van der Waals surface area contributed by atoms with E-state index in [1.54, 1.807) is 31.2 Å². The lowest BCUT2D eigenvalue weighted by Crippen LogP contribution is -2.26. The molecule has 0 spiro atoms. The molecule has 5 heteroatoms. The summed E-state index contributed by atoms with van der Waals surface area (Å²) in [5, 5.41) is 0. The predicted molar refractivity (Wildman–Crippen MR) is 81.4 cm³/mol. The summed E-state index contributed by atoms with van der Waals surface area (Å²) < 4.78 is 15.9. The maximum absolute atomic E-state index is 12.6. The van der Waals surface area contributed by atoms with Gasteiger partial charge in [-0.3, -0.25) is 4.79 Å². The number of nitrogens with zero attached hydrogens (tertiary/aromatic N) is 1. The number of para-hydroxylation sites is 1. The maximum atomic E-state index is 12.6. The smallest absolute Gasteiger partial charge is 0.257 e. The Balaban J connectivity index is 1.76. The first-order chi connectivity index (χ1) is 10.7. The SMILES string of the molecule is COc1ccccc1C(=O)N(C)Cc1ccc2c(c1)OCO2. The summed E-state index contributed by atoms with van der Waals surface area (Å²) in [6.07, 6.45) is 0. The minimum absolute atomic E-state index is 0.0879. The summed E-state index contributed by atoms with van der Waals surface area (Å²) in [5.74, 6) is 1.94. The van der Waals surface area contributed by atoms with Gasteiger partial charge in [-0.05, 0) is 29.8 Å². The van der Waals surface area contributed by atoms with Gasteiger partial charge in [-0.15, -0.1) is 0 Å². The molecule has 0 saturated heterocycles. The van der Waals surface area contributed by atoms with Crippen LogP contribution in [0.4, 0.5) is 0 Å². The average molecular weight is 299 g/mol. The van der Waals surface area contributed by atoms with Crippen LogP contribution in [0.5, 0.6) is 17.2 Å². The lowest BCUT2D eigenvalue weighted by Gasteiger charge is -2.19. The van der Waals surface area contributed by atoms with Crippen LogP contribution in [0.1, 0.15) is 15.9 Å². The summed E-state index contributed by atoms with van der Waals surface area (Å²) in [6, 6.07) is 12.9. The molecule has 3 rings (SSSR count). The van der Waals surface area contributed by atoms with Crippen LogP contribution < -0.4 is 14.2 Å². The molecule has 22 heavy (non-hydrogen) atoms. The van der Waals surface area contributed by atoms with Gasteiger partial charge >= 0.3 is 0 Å². The van der Waals surface area contributed by atoms with Crippen molar-refractivity contribution in [3.05, 3.63) is 53.6 Å². The fourth-order valence-corrected chi connectivity index (χ4v) is 2.41. The Morgan fingerprint density at radius 2 is 1.95 bits per heavy atom. The molecule has 5 nitrogen and oxygen atoms in total. The normalized spacial score (nSPS) is 12.1. The van der Waals surface area contributed by atoms with Crippen molar-refractivity contribution >= 4 is 5.91 Å². The van der Waals surface area contributed by atoms with Gasteiger partial charge in [0.25, 0.3) is 5.91 Å². The molecule has 0 unspecified atom stereocenters. The lowest BCUT2D eigenvalue weighted by atomic mass is 10.1. The summed E-state index contributed by atoms with van der Waals surface area (Å²) >= 11 is 0. The largest absolute Gasteiger partial charge is 0.496 e. The molecule has 0 fully saturated rings. The third-order valence-corrected chi connectivity index (χ3v) is 3.54. The van der Waals surface area contributed by atoms with Gasteiger partial charge in [-0.25, -0.2) is 0 Å². The van der Waals surface area contributed by atoms with Gasteiger partial charge in [0, 0.05) is 13.6 Å². The van der Waals surface area contributed by atoms with Gasteiger partial charge in [0.1, 0.15) is 5.75 Å². The van der Waals surface area contributed by atoms with Crippen LogP contribution in [-0.2, 0) is 6.54 Å². The van der Waals surface area contributed by atoms with Crippen LogP contribution in [-0.4, -0.2) is 31.8 Å². The molecule has 2 aromatic rings. The molecule has 114 valence electrons. The summed E-state index contributed by atoms with van der Waals surface area (Å²) in [4.78, 5) is 14.2.